The molecule has 0 atom stereocenters. The van der Waals surface area contributed by atoms with Crippen LogP contribution in [0.2, 0.25) is 0 Å². The number of hydrogen-bond donors (Lipinski definition) is 1. The Morgan fingerprint density at radius 3 is 2.71 bits per heavy atom. The van der Waals surface area contributed by atoms with Gasteiger partial charge in [-0.3, -0.25) is 9.48 Å². The van der Waals surface area contributed by atoms with E-state index in [1.807, 2.05) is 31.3 Å². The number of carbonyl (C=O) groups is 1. The summed E-state index contributed by atoms with van der Waals surface area (Å²) in [7, 11) is 1.85. The third-order valence-corrected chi connectivity index (χ3v) is 2.84. The zero-order valence-corrected chi connectivity index (χ0v) is 10.3. The predicted molar refractivity (Wildman–Crippen MR) is 65.7 cm³/mol. The van der Waals surface area contributed by atoms with Crippen molar-refractivity contribution in [3.8, 4) is 0 Å². The first-order valence-corrected chi connectivity index (χ1v) is 5.56. The molecule has 4 nitrogen and oxygen atoms in total. The van der Waals surface area contributed by atoms with E-state index < -0.39 is 5.60 Å². The second-order valence-corrected chi connectivity index (χ2v) is 4.75. The minimum Gasteiger partial charge on any atom is -0.383 e. The maximum Gasteiger partial charge on any atom is 0.169 e. The summed E-state index contributed by atoms with van der Waals surface area (Å²) in [6, 6.07) is 7.75. The van der Waals surface area contributed by atoms with E-state index in [1.165, 1.54) is 13.8 Å². The Kier molecular flexibility index (Phi) is 2.75. The zero-order valence-electron chi connectivity index (χ0n) is 10.3. The number of fused-ring (bicyclic) bond motifs is 1. The molecule has 0 aliphatic rings. The van der Waals surface area contributed by atoms with Crippen LogP contribution in [0.15, 0.2) is 24.3 Å². The van der Waals surface area contributed by atoms with Gasteiger partial charge < -0.3 is 5.11 Å². The van der Waals surface area contributed by atoms with E-state index in [2.05, 4.69) is 5.10 Å². The van der Waals surface area contributed by atoms with E-state index in [1.54, 1.807) is 4.68 Å². The standard InChI is InChI=1S/C13H16N2O2/c1-13(2,17)12(16)8-10-9-6-4-5-7-11(9)15(3)14-10/h4-7,17H,8H2,1-3H3. The molecular weight excluding hydrogens is 216 g/mol. The van der Waals surface area contributed by atoms with E-state index in [9.17, 15) is 9.90 Å². The summed E-state index contributed by atoms with van der Waals surface area (Å²) in [6.07, 6.45) is 0.158. The molecule has 0 bridgehead atoms. The number of benzene rings is 1. The van der Waals surface area contributed by atoms with Crippen molar-refractivity contribution in [2.24, 2.45) is 7.05 Å². The number of para-hydroxylation sites is 1. The second-order valence-electron chi connectivity index (χ2n) is 4.75. The summed E-state index contributed by atoms with van der Waals surface area (Å²) in [5, 5.41) is 14.9. The minimum atomic E-state index is -1.31. The fourth-order valence-corrected chi connectivity index (χ4v) is 1.79. The third kappa shape index (κ3) is 2.22. The highest BCUT2D eigenvalue weighted by molar-refractivity contribution is 5.92. The van der Waals surface area contributed by atoms with Gasteiger partial charge in [0.25, 0.3) is 0 Å². The average Bonchev–Trinajstić information content (AvgIpc) is 2.56. The molecule has 1 aromatic heterocycles. The number of carbonyl (C=O) groups excluding carboxylic acids is 1. The fraction of sp³-hybridized carbons (Fsp3) is 0.385. The van der Waals surface area contributed by atoms with Crippen molar-refractivity contribution < 1.29 is 9.90 Å². The van der Waals surface area contributed by atoms with Gasteiger partial charge in [-0.15, -0.1) is 0 Å². The van der Waals surface area contributed by atoms with E-state index in [-0.39, 0.29) is 12.2 Å². The Labute approximate surface area is 99.9 Å². The molecule has 1 aromatic carbocycles. The number of nitrogens with zero attached hydrogens (tertiary/aromatic N) is 2. The molecule has 2 rings (SSSR count). The Morgan fingerprint density at radius 2 is 2.06 bits per heavy atom. The maximum absolute atomic E-state index is 11.8. The van der Waals surface area contributed by atoms with Gasteiger partial charge in [0, 0.05) is 12.4 Å². The minimum absolute atomic E-state index is 0.158. The predicted octanol–water partition coefficient (Wildman–Crippen LogP) is 1.46. The summed E-state index contributed by atoms with van der Waals surface area (Å²) >= 11 is 0. The molecule has 4 heteroatoms. The molecule has 1 N–H and O–H groups in total. The number of aromatic nitrogens is 2. The topological polar surface area (TPSA) is 55.1 Å². The van der Waals surface area contributed by atoms with Crippen LogP contribution in [0.25, 0.3) is 10.9 Å². The molecule has 1 heterocycles. The molecule has 2 aromatic rings. The normalized spacial score (nSPS) is 12.0. The second kappa shape index (κ2) is 3.96. The largest absolute Gasteiger partial charge is 0.383 e. The Bertz CT molecular complexity index is 564. The number of aryl methyl sites for hydroxylation is 1. The summed E-state index contributed by atoms with van der Waals surface area (Å²) < 4.78 is 1.75. The van der Waals surface area contributed by atoms with E-state index in [4.69, 9.17) is 0 Å². The van der Waals surface area contributed by atoms with E-state index in [0.717, 1.165) is 16.6 Å². The van der Waals surface area contributed by atoms with E-state index >= 15 is 0 Å². The lowest BCUT2D eigenvalue weighted by Crippen LogP contribution is -2.32. The quantitative estimate of drug-likeness (QED) is 0.871. The Morgan fingerprint density at radius 1 is 1.41 bits per heavy atom. The summed E-state index contributed by atoms with van der Waals surface area (Å²) in [5.41, 5.74) is 0.403. The first kappa shape index (κ1) is 11.8. The van der Waals surface area contributed by atoms with Crippen LogP contribution < -0.4 is 0 Å². The highest BCUT2D eigenvalue weighted by Gasteiger charge is 2.25. The van der Waals surface area contributed by atoms with Crippen LogP contribution in [0.1, 0.15) is 19.5 Å². The van der Waals surface area contributed by atoms with Crippen molar-refractivity contribution in [1.82, 2.24) is 9.78 Å². The van der Waals surface area contributed by atoms with Gasteiger partial charge in [0.15, 0.2) is 5.78 Å². The molecule has 0 aliphatic heterocycles. The molecule has 0 saturated carbocycles. The Hall–Kier alpha value is -1.68. The first-order valence-electron chi connectivity index (χ1n) is 5.56. The molecule has 0 fully saturated rings. The van der Waals surface area contributed by atoms with Crippen molar-refractivity contribution in [1.29, 1.82) is 0 Å². The van der Waals surface area contributed by atoms with Gasteiger partial charge in [0.2, 0.25) is 0 Å². The number of Topliss-reactive ketones (excluding diaryl/α,β-unsaturated/α-hetero) is 1. The lowest BCUT2D eigenvalue weighted by molar-refractivity contribution is -0.133. The smallest absolute Gasteiger partial charge is 0.169 e. The number of hydrogen-bond acceptors (Lipinski definition) is 3. The molecule has 0 unspecified atom stereocenters. The molecule has 90 valence electrons. The van der Waals surface area contributed by atoms with Gasteiger partial charge in [-0.2, -0.15) is 5.10 Å². The molecule has 17 heavy (non-hydrogen) atoms. The van der Waals surface area contributed by atoms with Crippen molar-refractivity contribution >= 4 is 16.7 Å². The summed E-state index contributed by atoms with van der Waals surface area (Å²) in [5.74, 6) is -0.221. The van der Waals surface area contributed by atoms with Gasteiger partial charge in [-0.05, 0) is 19.9 Å². The van der Waals surface area contributed by atoms with Crippen molar-refractivity contribution in [3.63, 3.8) is 0 Å². The van der Waals surface area contributed by atoms with Crippen LogP contribution in [0, 0.1) is 0 Å². The van der Waals surface area contributed by atoms with Gasteiger partial charge in [0.05, 0.1) is 17.6 Å². The zero-order chi connectivity index (χ0) is 12.6. The lowest BCUT2D eigenvalue weighted by atomic mass is 9.98. The Balaban J connectivity index is 2.41. The van der Waals surface area contributed by atoms with Gasteiger partial charge >= 0.3 is 0 Å². The van der Waals surface area contributed by atoms with Crippen LogP contribution >= 0.6 is 0 Å². The molecule has 0 aliphatic carbocycles. The van der Waals surface area contributed by atoms with Gasteiger partial charge in [-0.1, -0.05) is 18.2 Å². The summed E-state index contributed by atoms with van der Waals surface area (Å²) in [4.78, 5) is 11.8. The molecular formula is C13H16N2O2. The molecule has 0 saturated heterocycles. The number of rotatable bonds is 3. The number of aliphatic hydroxyl groups is 1. The lowest BCUT2D eigenvalue weighted by Gasteiger charge is -2.14. The maximum atomic E-state index is 11.8. The van der Waals surface area contributed by atoms with Crippen LogP contribution in [0.3, 0.4) is 0 Å². The van der Waals surface area contributed by atoms with Crippen molar-refractivity contribution in [2.45, 2.75) is 25.9 Å². The van der Waals surface area contributed by atoms with Gasteiger partial charge in [-0.25, -0.2) is 0 Å². The van der Waals surface area contributed by atoms with Crippen LogP contribution in [-0.2, 0) is 18.3 Å². The highest BCUT2D eigenvalue weighted by atomic mass is 16.3. The van der Waals surface area contributed by atoms with Gasteiger partial charge in [0.1, 0.15) is 5.60 Å². The SMILES string of the molecule is Cn1nc(CC(=O)C(C)(C)O)c2ccccc21. The van der Waals surface area contributed by atoms with Crippen LogP contribution in [0.5, 0.6) is 0 Å². The average molecular weight is 232 g/mol. The van der Waals surface area contributed by atoms with E-state index in [0.29, 0.717) is 0 Å². The molecule has 0 radical (unpaired) electrons. The summed E-state index contributed by atoms with van der Waals surface area (Å²) in [6.45, 7) is 3.00. The van der Waals surface area contributed by atoms with Crippen LogP contribution in [0.4, 0.5) is 0 Å². The first-order chi connectivity index (χ1) is 7.89. The molecule has 0 spiro atoms. The van der Waals surface area contributed by atoms with Crippen molar-refractivity contribution in [3.05, 3.63) is 30.0 Å². The monoisotopic (exact) mass is 232 g/mol. The highest BCUT2D eigenvalue weighted by Crippen LogP contribution is 2.19. The van der Waals surface area contributed by atoms with Crippen LogP contribution in [-0.4, -0.2) is 26.3 Å². The number of ketones is 1. The fourth-order valence-electron chi connectivity index (χ4n) is 1.79. The molecule has 0 amide bonds. The van der Waals surface area contributed by atoms with Crippen molar-refractivity contribution in [2.75, 3.05) is 0 Å². The third-order valence-electron chi connectivity index (χ3n) is 2.84.